The van der Waals surface area contributed by atoms with Crippen LogP contribution in [0, 0.1) is 0 Å². The molecule has 2 aromatic heterocycles. The molecule has 0 aliphatic carbocycles. The van der Waals surface area contributed by atoms with Crippen molar-refractivity contribution < 1.29 is 0 Å². The van der Waals surface area contributed by atoms with Crippen molar-refractivity contribution in [3.8, 4) is 0 Å². The molecule has 120 valence electrons. The van der Waals surface area contributed by atoms with E-state index in [1.54, 1.807) is 11.3 Å². The number of nitrogens with zero attached hydrogens (tertiary/aromatic N) is 4. The van der Waals surface area contributed by atoms with Gasteiger partial charge < -0.3 is 5.32 Å². The van der Waals surface area contributed by atoms with Crippen LogP contribution < -0.4 is 5.32 Å². The molecule has 3 rings (SSSR count). The minimum Gasteiger partial charge on any atom is -0.360 e. The molecular weight excluding hydrogens is 330 g/mol. The minimum atomic E-state index is 0.752. The third-order valence-electron chi connectivity index (χ3n) is 3.41. The first-order chi connectivity index (χ1) is 11.2. The number of hydrogen-bond donors (Lipinski definition) is 1. The summed E-state index contributed by atoms with van der Waals surface area (Å²) in [4.78, 5) is 0. The van der Waals surface area contributed by atoms with Gasteiger partial charge in [-0.25, -0.2) is 0 Å². The van der Waals surface area contributed by atoms with Gasteiger partial charge in [0.15, 0.2) is 0 Å². The predicted molar refractivity (Wildman–Crippen MR) is 94.2 cm³/mol. The van der Waals surface area contributed by atoms with E-state index in [9.17, 15) is 0 Å². The largest absolute Gasteiger partial charge is 0.360 e. The molecule has 0 fully saturated rings. The number of benzene rings is 1. The van der Waals surface area contributed by atoms with Gasteiger partial charge in [0, 0.05) is 31.2 Å². The van der Waals surface area contributed by atoms with Crippen LogP contribution in [0.3, 0.4) is 0 Å². The van der Waals surface area contributed by atoms with Gasteiger partial charge in [-0.3, -0.25) is 4.68 Å². The van der Waals surface area contributed by atoms with E-state index in [4.69, 9.17) is 11.6 Å². The van der Waals surface area contributed by atoms with Crippen molar-refractivity contribution in [1.29, 1.82) is 0 Å². The second-order valence-corrected chi connectivity index (χ2v) is 6.86. The molecule has 0 spiro atoms. The molecule has 0 aliphatic rings. The molecule has 0 aliphatic heterocycles. The van der Waals surface area contributed by atoms with Gasteiger partial charge in [-0.2, -0.15) is 5.10 Å². The van der Waals surface area contributed by atoms with Crippen molar-refractivity contribution in [3.63, 3.8) is 0 Å². The Kier molecular flexibility index (Phi) is 5.25. The van der Waals surface area contributed by atoms with Crippen molar-refractivity contribution in [2.45, 2.75) is 19.3 Å². The van der Waals surface area contributed by atoms with Crippen molar-refractivity contribution in [2.75, 3.05) is 11.9 Å². The van der Waals surface area contributed by atoms with Crippen molar-refractivity contribution in [2.24, 2.45) is 7.05 Å². The fraction of sp³-hybridized carbons (Fsp3) is 0.312. The van der Waals surface area contributed by atoms with E-state index in [-0.39, 0.29) is 0 Å². The summed E-state index contributed by atoms with van der Waals surface area (Å²) < 4.78 is 1.83. The lowest BCUT2D eigenvalue weighted by molar-refractivity contribution is 0.765. The van der Waals surface area contributed by atoms with Crippen LogP contribution in [0.4, 0.5) is 5.13 Å². The second kappa shape index (κ2) is 7.57. The Labute approximate surface area is 144 Å². The molecule has 0 bridgehead atoms. The maximum absolute atomic E-state index is 5.89. The molecule has 1 N–H and O–H groups in total. The van der Waals surface area contributed by atoms with Gasteiger partial charge in [-0.05, 0) is 36.1 Å². The topological polar surface area (TPSA) is 55.6 Å². The Morgan fingerprint density at radius 1 is 1.17 bits per heavy atom. The van der Waals surface area contributed by atoms with Crippen LogP contribution in [0.2, 0.25) is 5.02 Å². The molecule has 7 heteroatoms. The number of nitrogens with one attached hydrogen (secondary N) is 1. The molecule has 0 saturated heterocycles. The summed E-state index contributed by atoms with van der Waals surface area (Å²) in [5, 5.41) is 18.6. The van der Waals surface area contributed by atoms with Crippen LogP contribution in [0.1, 0.15) is 22.6 Å². The zero-order valence-electron chi connectivity index (χ0n) is 12.9. The number of anilines is 1. The van der Waals surface area contributed by atoms with Gasteiger partial charge >= 0.3 is 0 Å². The fourth-order valence-corrected chi connectivity index (χ4v) is 3.19. The molecule has 5 nitrogen and oxygen atoms in total. The van der Waals surface area contributed by atoms with E-state index >= 15 is 0 Å². The van der Waals surface area contributed by atoms with E-state index in [0.717, 1.165) is 41.0 Å². The molecule has 0 saturated carbocycles. The van der Waals surface area contributed by atoms with E-state index in [0.29, 0.717) is 0 Å². The van der Waals surface area contributed by atoms with Crippen LogP contribution in [0.25, 0.3) is 0 Å². The quantitative estimate of drug-likeness (QED) is 0.664. The standard InChI is InChI=1S/C16H18ClN5S/c1-22-11-13(10-19-22)3-2-8-18-16-21-20-15(23-16)9-12-4-6-14(17)7-5-12/h4-7,10-11H,2-3,8-9H2,1H3,(H,18,21). The third kappa shape index (κ3) is 4.77. The molecule has 3 aromatic rings. The van der Waals surface area contributed by atoms with Gasteiger partial charge in [0.2, 0.25) is 5.13 Å². The lowest BCUT2D eigenvalue weighted by Gasteiger charge is -2.00. The first-order valence-corrected chi connectivity index (χ1v) is 8.67. The maximum Gasteiger partial charge on any atom is 0.205 e. The minimum absolute atomic E-state index is 0.752. The first-order valence-electron chi connectivity index (χ1n) is 7.47. The van der Waals surface area contributed by atoms with Crippen LogP contribution in [0.15, 0.2) is 36.7 Å². The molecule has 0 atom stereocenters. The lowest BCUT2D eigenvalue weighted by Crippen LogP contribution is -2.02. The van der Waals surface area contributed by atoms with Gasteiger partial charge in [0.25, 0.3) is 0 Å². The summed E-state index contributed by atoms with van der Waals surface area (Å²) >= 11 is 7.49. The van der Waals surface area contributed by atoms with Crippen molar-refractivity contribution in [1.82, 2.24) is 20.0 Å². The first kappa shape index (κ1) is 16.0. The Bertz CT molecular complexity index is 750. The van der Waals surface area contributed by atoms with Crippen LogP contribution in [0.5, 0.6) is 0 Å². The molecule has 0 radical (unpaired) electrons. The molecule has 23 heavy (non-hydrogen) atoms. The Hall–Kier alpha value is -1.92. The fourth-order valence-electron chi connectivity index (χ4n) is 2.26. The molecule has 2 heterocycles. The van der Waals surface area contributed by atoms with Crippen molar-refractivity contribution in [3.05, 3.63) is 57.8 Å². The molecule has 1 aromatic carbocycles. The number of aromatic nitrogens is 4. The number of halogens is 1. The van der Waals surface area contributed by atoms with E-state index in [2.05, 4.69) is 26.8 Å². The van der Waals surface area contributed by atoms with Gasteiger partial charge in [0.05, 0.1) is 6.20 Å². The zero-order chi connectivity index (χ0) is 16.1. The van der Waals surface area contributed by atoms with Gasteiger partial charge in [-0.15, -0.1) is 10.2 Å². The highest BCUT2D eigenvalue weighted by Gasteiger charge is 2.05. The number of aryl methyl sites for hydroxylation is 2. The highest BCUT2D eigenvalue weighted by molar-refractivity contribution is 7.15. The summed E-state index contributed by atoms with van der Waals surface area (Å²) in [6.07, 6.45) is 6.80. The summed E-state index contributed by atoms with van der Waals surface area (Å²) in [5.74, 6) is 0. The van der Waals surface area contributed by atoms with Crippen LogP contribution in [-0.4, -0.2) is 26.5 Å². The monoisotopic (exact) mass is 347 g/mol. The Morgan fingerprint density at radius 3 is 2.74 bits per heavy atom. The highest BCUT2D eigenvalue weighted by atomic mass is 35.5. The van der Waals surface area contributed by atoms with Gasteiger partial charge in [0.1, 0.15) is 5.01 Å². The van der Waals surface area contributed by atoms with E-state index < -0.39 is 0 Å². The zero-order valence-corrected chi connectivity index (χ0v) is 14.4. The average Bonchev–Trinajstić information content (AvgIpc) is 3.15. The van der Waals surface area contributed by atoms with Gasteiger partial charge in [-0.1, -0.05) is 35.1 Å². The molecule has 0 unspecified atom stereocenters. The third-order valence-corrected chi connectivity index (χ3v) is 4.55. The maximum atomic E-state index is 5.89. The SMILES string of the molecule is Cn1cc(CCCNc2nnc(Cc3ccc(Cl)cc3)s2)cn1. The second-order valence-electron chi connectivity index (χ2n) is 5.36. The van der Waals surface area contributed by atoms with Crippen molar-refractivity contribution >= 4 is 28.1 Å². The predicted octanol–water partition coefficient (Wildman–Crippen LogP) is 3.56. The summed E-state index contributed by atoms with van der Waals surface area (Å²) in [6.45, 7) is 0.879. The molecule has 0 amide bonds. The Balaban J connectivity index is 1.44. The highest BCUT2D eigenvalue weighted by Crippen LogP contribution is 2.19. The summed E-state index contributed by atoms with van der Waals surface area (Å²) in [7, 11) is 1.94. The number of rotatable bonds is 7. The number of hydrogen-bond acceptors (Lipinski definition) is 5. The molecular formula is C16H18ClN5S. The lowest BCUT2D eigenvalue weighted by atomic mass is 10.2. The Morgan fingerprint density at radius 2 is 2.00 bits per heavy atom. The van der Waals surface area contributed by atoms with E-state index in [1.807, 2.05) is 42.2 Å². The smallest absolute Gasteiger partial charge is 0.205 e. The summed E-state index contributed by atoms with van der Waals surface area (Å²) in [5.41, 5.74) is 2.45. The normalized spacial score (nSPS) is 10.9. The summed E-state index contributed by atoms with van der Waals surface area (Å²) in [6, 6.07) is 7.83. The average molecular weight is 348 g/mol. The van der Waals surface area contributed by atoms with Crippen LogP contribution >= 0.6 is 22.9 Å². The van der Waals surface area contributed by atoms with Crippen LogP contribution in [-0.2, 0) is 19.9 Å². The van der Waals surface area contributed by atoms with E-state index in [1.165, 1.54) is 11.1 Å².